The summed E-state index contributed by atoms with van der Waals surface area (Å²) in [5.74, 6) is -0.154. The van der Waals surface area contributed by atoms with Crippen molar-refractivity contribution in [3.8, 4) is 0 Å². The van der Waals surface area contributed by atoms with Crippen molar-refractivity contribution in [1.82, 2.24) is 10.3 Å². The van der Waals surface area contributed by atoms with E-state index in [0.29, 0.717) is 5.56 Å². The maximum Gasteiger partial charge on any atom is 0.253 e. The summed E-state index contributed by atoms with van der Waals surface area (Å²) in [5.41, 5.74) is 0.542. The molecular weight excluding hydrogens is 204 g/mol. The van der Waals surface area contributed by atoms with Crippen molar-refractivity contribution in [3.05, 3.63) is 30.1 Å². The van der Waals surface area contributed by atoms with Gasteiger partial charge in [0.25, 0.3) is 5.91 Å². The van der Waals surface area contributed by atoms with Crippen LogP contribution in [0.15, 0.2) is 24.5 Å². The summed E-state index contributed by atoms with van der Waals surface area (Å²) in [7, 11) is 0. The van der Waals surface area contributed by atoms with Crippen molar-refractivity contribution in [2.75, 3.05) is 0 Å². The highest BCUT2D eigenvalue weighted by Crippen LogP contribution is 2.18. The van der Waals surface area contributed by atoms with E-state index in [4.69, 9.17) is 0 Å². The number of carbonyl (C=O) groups excluding carboxylic acids is 1. The Bertz CT molecular complexity index is 353. The second-order valence-corrected chi connectivity index (χ2v) is 4.17. The van der Waals surface area contributed by atoms with E-state index in [9.17, 15) is 9.90 Å². The van der Waals surface area contributed by atoms with Crippen molar-refractivity contribution in [2.24, 2.45) is 0 Å². The quantitative estimate of drug-likeness (QED) is 0.785. The number of pyridine rings is 1. The first-order valence-electron chi connectivity index (χ1n) is 5.66. The number of nitrogens with zero attached hydrogens (tertiary/aromatic N) is 1. The van der Waals surface area contributed by atoms with Crippen LogP contribution in [0.4, 0.5) is 0 Å². The fourth-order valence-corrected chi connectivity index (χ4v) is 2.03. The fourth-order valence-electron chi connectivity index (χ4n) is 2.03. The molecule has 1 aliphatic rings. The normalized spacial score (nSPS) is 25.1. The molecule has 1 aliphatic carbocycles. The smallest absolute Gasteiger partial charge is 0.253 e. The Hall–Kier alpha value is -1.42. The van der Waals surface area contributed by atoms with Crippen molar-refractivity contribution in [2.45, 2.75) is 37.8 Å². The Morgan fingerprint density at radius 1 is 1.44 bits per heavy atom. The molecule has 0 aliphatic heterocycles. The van der Waals surface area contributed by atoms with Gasteiger partial charge in [0.1, 0.15) is 0 Å². The fraction of sp³-hybridized carbons (Fsp3) is 0.500. The van der Waals surface area contributed by atoms with Gasteiger partial charge in [-0.1, -0.05) is 12.8 Å². The average molecular weight is 220 g/mol. The molecule has 4 nitrogen and oxygen atoms in total. The van der Waals surface area contributed by atoms with Crippen molar-refractivity contribution in [1.29, 1.82) is 0 Å². The average Bonchev–Trinajstić information content (AvgIpc) is 2.33. The largest absolute Gasteiger partial charge is 0.391 e. The predicted octanol–water partition coefficient (Wildman–Crippen LogP) is 1.11. The first kappa shape index (κ1) is 11.1. The van der Waals surface area contributed by atoms with Crippen LogP contribution in [-0.4, -0.2) is 28.1 Å². The molecule has 0 unspecified atom stereocenters. The maximum atomic E-state index is 11.8. The summed E-state index contributed by atoms with van der Waals surface area (Å²) in [6.07, 6.45) is 6.49. The number of nitrogens with one attached hydrogen (secondary N) is 1. The first-order valence-corrected chi connectivity index (χ1v) is 5.66. The van der Waals surface area contributed by atoms with Crippen molar-refractivity contribution in [3.63, 3.8) is 0 Å². The van der Waals surface area contributed by atoms with E-state index < -0.39 is 6.10 Å². The van der Waals surface area contributed by atoms with Gasteiger partial charge in [0.2, 0.25) is 0 Å². The second-order valence-electron chi connectivity index (χ2n) is 4.17. The molecule has 2 N–H and O–H groups in total. The van der Waals surface area contributed by atoms with Crippen LogP contribution in [0, 0.1) is 0 Å². The Kier molecular flexibility index (Phi) is 3.51. The van der Waals surface area contributed by atoms with Crippen LogP contribution in [0.2, 0.25) is 0 Å². The van der Waals surface area contributed by atoms with Gasteiger partial charge >= 0.3 is 0 Å². The molecule has 4 heteroatoms. The predicted molar refractivity (Wildman–Crippen MR) is 60.0 cm³/mol. The van der Waals surface area contributed by atoms with Crippen molar-refractivity contribution < 1.29 is 9.90 Å². The summed E-state index contributed by atoms with van der Waals surface area (Å²) in [6, 6.07) is 3.34. The summed E-state index contributed by atoms with van der Waals surface area (Å²) < 4.78 is 0. The van der Waals surface area contributed by atoms with Crippen LogP contribution < -0.4 is 5.32 Å². The van der Waals surface area contributed by atoms with Gasteiger partial charge in [0, 0.05) is 12.4 Å². The van der Waals surface area contributed by atoms with Crippen LogP contribution in [-0.2, 0) is 0 Å². The molecule has 2 atom stereocenters. The first-order chi connectivity index (χ1) is 7.77. The molecule has 0 saturated heterocycles. The number of carbonyl (C=O) groups is 1. The topological polar surface area (TPSA) is 62.2 Å². The van der Waals surface area contributed by atoms with Gasteiger partial charge in [-0.05, 0) is 25.0 Å². The minimum atomic E-state index is -0.408. The van der Waals surface area contributed by atoms with E-state index in [2.05, 4.69) is 10.3 Å². The lowest BCUT2D eigenvalue weighted by molar-refractivity contribution is 0.0717. The zero-order valence-corrected chi connectivity index (χ0v) is 9.10. The molecule has 86 valence electrons. The Balaban J connectivity index is 1.96. The van der Waals surface area contributed by atoms with Gasteiger partial charge < -0.3 is 10.4 Å². The van der Waals surface area contributed by atoms with E-state index in [1.807, 2.05) is 0 Å². The third-order valence-corrected chi connectivity index (χ3v) is 2.97. The molecule has 0 bridgehead atoms. The number of aromatic nitrogens is 1. The molecular formula is C12H16N2O2. The molecule has 0 aromatic carbocycles. The van der Waals surface area contributed by atoms with E-state index >= 15 is 0 Å². The molecule has 1 fully saturated rings. The van der Waals surface area contributed by atoms with E-state index in [-0.39, 0.29) is 11.9 Å². The number of hydrogen-bond acceptors (Lipinski definition) is 3. The van der Waals surface area contributed by atoms with Crippen molar-refractivity contribution >= 4 is 5.91 Å². The highest BCUT2D eigenvalue weighted by atomic mass is 16.3. The minimum absolute atomic E-state index is 0.110. The standard InChI is InChI=1S/C12H16N2O2/c15-11-6-2-1-5-10(11)14-12(16)9-4-3-7-13-8-9/h3-4,7-8,10-11,15H,1-2,5-6H2,(H,14,16)/t10-,11-/m1/s1. The molecule has 2 rings (SSSR count). The third kappa shape index (κ3) is 2.58. The van der Waals surface area contributed by atoms with Crippen LogP contribution in [0.5, 0.6) is 0 Å². The van der Waals surface area contributed by atoms with E-state index in [1.165, 1.54) is 6.20 Å². The number of hydrogen-bond donors (Lipinski definition) is 2. The van der Waals surface area contributed by atoms with Gasteiger partial charge in [0.05, 0.1) is 17.7 Å². The second kappa shape index (κ2) is 5.07. The maximum absolute atomic E-state index is 11.8. The molecule has 1 aromatic heterocycles. The Morgan fingerprint density at radius 3 is 2.94 bits per heavy atom. The summed E-state index contributed by atoms with van der Waals surface area (Å²) in [5, 5.41) is 12.6. The highest BCUT2D eigenvalue weighted by Gasteiger charge is 2.24. The SMILES string of the molecule is O=C(N[C@@H]1CCCC[C@H]1O)c1cccnc1. The van der Waals surface area contributed by atoms with E-state index in [1.54, 1.807) is 18.3 Å². The molecule has 1 aromatic rings. The monoisotopic (exact) mass is 220 g/mol. The minimum Gasteiger partial charge on any atom is -0.391 e. The van der Waals surface area contributed by atoms with Crippen LogP contribution in [0.1, 0.15) is 36.0 Å². The van der Waals surface area contributed by atoms with Gasteiger partial charge in [-0.3, -0.25) is 9.78 Å². The molecule has 1 heterocycles. The lowest BCUT2D eigenvalue weighted by Crippen LogP contribution is -2.45. The summed E-state index contributed by atoms with van der Waals surface area (Å²) in [4.78, 5) is 15.7. The zero-order valence-electron chi connectivity index (χ0n) is 9.10. The van der Waals surface area contributed by atoms with Crippen LogP contribution in [0.25, 0.3) is 0 Å². The summed E-state index contributed by atoms with van der Waals surface area (Å²) >= 11 is 0. The molecule has 0 spiro atoms. The lowest BCUT2D eigenvalue weighted by Gasteiger charge is -2.28. The molecule has 1 saturated carbocycles. The van der Waals surface area contributed by atoms with Crippen LogP contribution >= 0.6 is 0 Å². The molecule has 16 heavy (non-hydrogen) atoms. The highest BCUT2D eigenvalue weighted by molar-refractivity contribution is 5.94. The molecule has 1 amide bonds. The van der Waals surface area contributed by atoms with Crippen LogP contribution in [0.3, 0.4) is 0 Å². The summed E-state index contributed by atoms with van der Waals surface area (Å²) in [6.45, 7) is 0. The molecule has 0 radical (unpaired) electrons. The van der Waals surface area contributed by atoms with Gasteiger partial charge in [-0.25, -0.2) is 0 Å². The van der Waals surface area contributed by atoms with Gasteiger partial charge in [-0.15, -0.1) is 0 Å². The van der Waals surface area contributed by atoms with Gasteiger partial charge in [0.15, 0.2) is 0 Å². The number of aliphatic hydroxyl groups excluding tert-OH is 1. The number of rotatable bonds is 2. The zero-order chi connectivity index (χ0) is 11.4. The Labute approximate surface area is 94.7 Å². The lowest BCUT2D eigenvalue weighted by atomic mass is 9.92. The Morgan fingerprint density at radius 2 is 2.25 bits per heavy atom. The van der Waals surface area contributed by atoms with Gasteiger partial charge in [-0.2, -0.15) is 0 Å². The third-order valence-electron chi connectivity index (χ3n) is 2.97. The van der Waals surface area contributed by atoms with E-state index in [0.717, 1.165) is 25.7 Å². The number of amides is 1. The number of aliphatic hydroxyl groups is 1.